The first-order valence-corrected chi connectivity index (χ1v) is 9.26. The molecule has 0 spiro atoms. The second-order valence-corrected chi connectivity index (χ2v) is 7.38. The zero-order valence-corrected chi connectivity index (χ0v) is 14.7. The lowest BCUT2D eigenvalue weighted by Gasteiger charge is -2.09. The third-order valence-electron chi connectivity index (χ3n) is 3.10. The van der Waals surface area contributed by atoms with Crippen molar-refractivity contribution in [2.24, 2.45) is 0 Å². The molecule has 2 aromatic carbocycles. The fraction of sp³-hybridized carbons (Fsp3) is 0.250. The average molecular weight is 384 g/mol. The van der Waals surface area contributed by atoms with Crippen molar-refractivity contribution in [2.45, 2.75) is 18.2 Å². The molecule has 0 aromatic heterocycles. The van der Waals surface area contributed by atoms with Crippen LogP contribution in [-0.4, -0.2) is 21.6 Å². The first kappa shape index (κ1) is 17.0. The Kier molecular flexibility index (Phi) is 5.99. The molecule has 0 aliphatic heterocycles. The Balaban J connectivity index is 1.87. The summed E-state index contributed by atoms with van der Waals surface area (Å²) in [6.07, 6.45) is 0.883. The molecule has 0 saturated heterocycles. The van der Waals surface area contributed by atoms with Gasteiger partial charge in [0.2, 0.25) is 10.0 Å². The fourth-order valence-corrected chi connectivity index (χ4v) is 3.28. The third-order valence-corrected chi connectivity index (χ3v) is 5.07. The Morgan fingerprint density at radius 1 is 1.14 bits per heavy atom. The van der Waals surface area contributed by atoms with Crippen molar-refractivity contribution < 1.29 is 13.2 Å². The number of ether oxygens (including phenoxy) is 1. The Labute approximate surface area is 139 Å². The highest BCUT2D eigenvalue weighted by Crippen LogP contribution is 2.17. The SMILES string of the molecule is CCc1ccc(S(=O)(=O)NCCOc2cccc(Br)c2)cc1. The van der Waals surface area contributed by atoms with Gasteiger partial charge in [-0.3, -0.25) is 0 Å². The summed E-state index contributed by atoms with van der Waals surface area (Å²) in [7, 11) is -3.49. The second-order valence-electron chi connectivity index (χ2n) is 4.70. The molecule has 2 rings (SSSR count). The summed E-state index contributed by atoms with van der Waals surface area (Å²) in [5.74, 6) is 0.695. The van der Waals surface area contributed by atoms with Crippen LogP contribution in [0.5, 0.6) is 5.75 Å². The smallest absolute Gasteiger partial charge is 0.240 e. The van der Waals surface area contributed by atoms with E-state index in [0.29, 0.717) is 5.75 Å². The molecule has 6 heteroatoms. The molecule has 4 nitrogen and oxygen atoms in total. The lowest BCUT2D eigenvalue weighted by molar-refractivity contribution is 0.322. The lowest BCUT2D eigenvalue weighted by Crippen LogP contribution is -2.28. The molecule has 0 aliphatic rings. The van der Waals surface area contributed by atoms with Crippen LogP contribution in [0.15, 0.2) is 57.9 Å². The van der Waals surface area contributed by atoms with E-state index in [-0.39, 0.29) is 18.0 Å². The molecule has 118 valence electrons. The summed E-state index contributed by atoms with van der Waals surface area (Å²) in [5.41, 5.74) is 1.11. The lowest BCUT2D eigenvalue weighted by atomic mass is 10.2. The van der Waals surface area contributed by atoms with E-state index in [2.05, 4.69) is 20.7 Å². The van der Waals surface area contributed by atoms with E-state index in [9.17, 15) is 8.42 Å². The maximum atomic E-state index is 12.1. The van der Waals surface area contributed by atoms with Gasteiger partial charge in [-0.2, -0.15) is 0 Å². The van der Waals surface area contributed by atoms with E-state index in [1.807, 2.05) is 43.3 Å². The maximum absolute atomic E-state index is 12.1. The number of aryl methyl sites for hydroxylation is 1. The summed E-state index contributed by atoms with van der Waals surface area (Å²) >= 11 is 3.35. The van der Waals surface area contributed by atoms with Gasteiger partial charge in [-0.25, -0.2) is 13.1 Å². The van der Waals surface area contributed by atoms with Crippen molar-refractivity contribution in [3.05, 3.63) is 58.6 Å². The minimum Gasteiger partial charge on any atom is -0.492 e. The predicted molar refractivity (Wildman–Crippen MR) is 90.6 cm³/mol. The number of nitrogens with one attached hydrogen (secondary N) is 1. The number of hydrogen-bond acceptors (Lipinski definition) is 3. The van der Waals surface area contributed by atoms with Gasteiger partial charge in [0, 0.05) is 11.0 Å². The van der Waals surface area contributed by atoms with Gasteiger partial charge in [-0.15, -0.1) is 0 Å². The summed E-state index contributed by atoms with van der Waals surface area (Å²) in [5, 5.41) is 0. The first-order chi connectivity index (χ1) is 10.5. The zero-order valence-electron chi connectivity index (χ0n) is 12.3. The van der Waals surface area contributed by atoms with Crippen LogP contribution in [0, 0.1) is 0 Å². The van der Waals surface area contributed by atoms with Crippen molar-refractivity contribution in [3.8, 4) is 5.75 Å². The van der Waals surface area contributed by atoms with E-state index < -0.39 is 10.0 Å². The second kappa shape index (κ2) is 7.76. The minimum atomic E-state index is -3.49. The van der Waals surface area contributed by atoms with Gasteiger partial charge >= 0.3 is 0 Å². The highest BCUT2D eigenvalue weighted by atomic mass is 79.9. The highest BCUT2D eigenvalue weighted by molar-refractivity contribution is 9.10. The van der Waals surface area contributed by atoms with Crippen molar-refractivity contribution in [2.75, 3.05) is 13.2 Å². The molecular weight excluding hydrogens is 366 g/mol. The number of rotatable bonds is 7. The Morgan fingerprint density at radius 2 is 1.86 bits per heavy atom. The molecule has 22 heavy (non-hydrogen) atoms. The number of benzene rings is 2. The average Bonchev–Trinajstić information content (AvgIpc) is 2.52. The van der Waals surface area contributed by atoms with Crippen molar-refractivity contribution in [1.29, 1.82) is 0 Å². The molecule has 0 radical (unpaired) electrons. The topological polar surface area (TPSA) is 55.4 Å². The monoisotopic (exact) mass is 383 g/mol. The largest absolute Gasteiger partial charge is 0.492 e. The van der Waals surface area contributed by atoms with E-state index in [1.54, 1.807) is 12.1 Å². The van der Waals surface area contributed by atoms with Gasteiger partial charge in [0.1, 0.15) is 12.4 Å². The van der Waals surface area contributed by atoms with Gasteiger partial charge in [-0.05, 0) is 42.3 Å². The van der Waals surface area contributed by atoms with Crippen LogP contribution in [0.4, 0.5) is 0 Å². The zero-order chi connectivity index (χ0) is 16.0. The molecular formula is C16H18BrNO3S. The maximum Gasteiger partial charge on any atom is 0.240 e. The van der Waals surface area contributed by atoms with E-state index >= 15 is 0 Å². The molecule has 0 heterocycles. The van der Waals surface area contributed by atoms with Gasteiger partial charge in [0.05, 0.1) is 4.90 Å². The molecule has 0 atom stereocenters. The molecule has 2 aromatic rings. The van der Waals surface area contributed by atoms with Crippen LogP contribution < -0.4 is 9.46 Å². The van der Waals surface area contributed by atoms with Crippen LogP contribution in [-0.2, 0) is 16.4 Å². The standard InChI is InChI=1S/C16H18BrNO3S/c1-2-13-6-8-16(9-7-13)22(19,20)18-10-11-21-15-5-3-4-14(17)12-15/h3-9,12,18H,2,10-11H2,1H3. The normalized spacial score (nSPS) is 11.4. The van der Waals surface area contributed by atoms with Crippen molar-refractivity contribution in [1.82, 2.24) is 4.72 Å². The predicted octanol–water partition coefficient (Wildman–Crippen LogP) is 3.37. The molecule has 0 unspecified atom stereocenters. The summed E-state index contributed by atoms with van der Waals surface area (Å²) in [6, 6.07) is 14.3. The van der Waals surface area contributed by atoms with Gasteiger partial charge in [-0.1, -0.05) is 41.1 Å². The summed E-state index contributed by atoms with van der Waals surface area (Å²) < 4.78 is 33.2. The Bertz CT molecular complexity index is 714. The molecule has 0 fully saturated rings. The number of sulfonamides is 1. The van der Waals surface area contributed by atoms with Crippen LogP contribution in [0.1, 0.15) is 12.5 Å². The molecule has 0 bridgehead atoms. The summed E-state index contributed by atoms with van der Waals surface area (Å²) in [6.45, 7) is 2.51. The Hall–Kier alpha value is -1.37. The highest BCUT2D eigenvalue weighted by Gasteiger charge is 2.12. The third kappa shape index (κ3) is 4.83. The molecule has 1 N–H and O–H groups in total. The van der Waals surface area contributed by atoms with E-state index in [4.69, 9.17) is 4.74 Å². The number of hydrogen-bond donors (Lipinski definition) is 1. The summed E-state index contributed by atoms with van der Waals surface area (Å²) in [4.78, 5) is 0.271. The molecule has 0 aliphatic carbocycles. The van der Waals surface area contributed by atoms with Gasteiger partial charge in [0.25, 0.3) is 0 Å². The molecule has 0 saturated carbocycles. The molecule has 0 amide bonds. The fourth-order valence-electron chi connectivity index (χ4n) is 1.89. The van der Waals surface area contributed by atoms with Gasteiger partial charge < -0.3 is 4.74 Å². The van der Waals surface area contributed by atoms with Crippen LogP contribution in [0.3, 0.4) is 0 Å². The minimum absolute atomic E-state index is 0.213. The van der Waals surface area contributed by atoms with E-state index in [0.717, 1.165) is 16.5 Å². The Morgan fingerprint density at radius 3 is 2.50 bits per heavy atom. The van der Waals surface area contributed by atoms with Crippen LogP contribution in [0.25, 0.3) is 0 Å². The van der Waals surface area contributed by atoms with Gasteiger partial charge in [0.15, 0.2) is 0 Å². The van der Waals surface area contributed by atoms with Crippen molar-refractivity contribution in [3.63, 3.8) is 0 Å². The first-order valence-electron chi connectivity index (χ1n) is 6.98. The number of halogens is 1. The van der Waals surface area contributed by atoms with E-state index in [1.165, 1.54) is 0 Å². The van der Waals surface area contributed by atoms with Crippen molar-refractivity contribution >= 4 is 26.0 Å². The van der Waals surface area contributed by atoms with Crippen LogP contribution >= 0.6 is 15.9 Å². The quantitative estimate of drug-likeness (QED) is 0.745. The van der Waals surface area contributed by atoms with Crippen LogP contribution in [0.2, 0.25) is 0 Å².